The van der Waals surface area contributed by atoms with Gasteiger partial charge in [0, 0.05) is 0 Å². The van der Waals surface area contributed by atoms with Gasteiger partial charge in [-0.25, -0.2) is 0 Å². The monoisotopic (exact) mass is 300 g/mol. The molecule has 0 aromatic rings. The molecule has 4 nitrogen and oxygen atoms in total. The number of hydrogen-bond acceptors (Lipinski definition) is 4. The Morgan fingerprint density at radius 2 is 1.29 bits per heavy atom. The maximum absolute atomic E-state index is 5.52. The van der Waals surface area contributed by atoms with Gasteiger partial charge >= 0.3 is 0 Å². The van der Waals surface area contributed by atoms with Crippen LogP contribution >= 0.6 is 0 Å². The Balaban J connectivity index is 3.69. The first-order chi connectivity index (χ1) is 10.3. The van der Waals surface area contributed by atoms with Crippen LogP contribution in [0.15, 0.2) is 0 Å². The van der Waals surface area contributed by atoms with Crippen LogP contribution in [0.5, 0.6) is 0 Å². The summed E-state index contributed by atoms with van der Waals surface area (Å²) in [4.78, 5) is 0. The van der Waals surface area contributed by atoms with Gasteiger partial charge in [-0.2, -0.15) is 0 Å². The highest BCUT2D eigenvalue weighted by Crippen LogP contribution is 2.10. The van der Waals surface area contributed by atoms with Gasteiger partial charge in [-0.1, -0.05) is 32.6 Å². The molecule has 0 aromatic carbocycles. The standard InChI is InChI=1S/C17H40N4/c1-2-3-4-5-10-17(15-20-13-8-6-11-18)16-21-14-9-7-12-19/h17,20-21H,2-16,18-19H2,1H3. The Morgan fingerprint density at radius 3 is 1.76 bits per heavy atom. The number of rotatable bonds is 17. The number of nitrogens with two attached hydrogens (primary N) is 2. The van der Waals surface area contributed by atoms with Crippen molar-refractivity contribution in [2.24, 2.45) is 17.4 Å². The fraction of sp³-hybridized carbons (Fsp3) is 1.00. The van der Waals surface area contributed by atoms with E-state index < -0.39 is 0 Å². The fourth-order valence-electron chi connectivity index (χ4n) is 2.54. The molecule has 0 aromatic heterocycles. The smallest absolute Gasteiger partial charge is 0.000838 e. The second-order valence-electron chi connectivity index (χ2n) is 6.12. The molecule has 0 unspecified atom stereocenters. The van der Waals surface area contributed by atoms with Crippen LogP contribution in [0.3, 0.4) is 0 Å². The van der Waals surface area contributed by atoms with E-state index in [1.807, 2.05) is 0 Å². The summed E-state index contributed by atoms with van der Waals surface area (Å²) >= 11 is 0. The molecule has 0 spiro atoms. The van der Waals surface area contributed by atoms with Crippen LogP contribution in [0.1, 0.15) is 64.7 Å². The lowest BCUT2D eigenvalue weighted by Crippen LogP contribution is -2.32. The van der Waals surface area contributed by atoms with Crippen LogP contribution < -0.4 is 22.1 Å². The molecule has 0 aliphatic rings. The first-order valence-corrected chi connectivity index (χ1v) is 9.16. The van der Waals surface area contributed by atoms with Gasteiger partial charge in [0.05, 0.1) is 0 Å². The van der Waals surface area contributed by atoms with E-state index >= 15 is 0 Å². The Bertz CT molecular complexity index is 174. The van der Waals surface area contributed by atoms with E-state index in [9.17, 15) is 0 Å². The summed E-state index contributed by atoms with van der Waals surface area (Å²) in [6.07, 6.45) is 11.4. The van der Waals surface area contributed by atoms with E-state index in [1.54, 1.807) is 0 Å². The minimum Gasteiger partial charge on any atom is -0.330 e. The highest BCUT2D eigenvalue weighted by molar-refractivity contribution is 4.66. The van der Waals surface area contributed by atoms with E-state index in [0.717, 1.165) is 58.0 Å². The minimum absolute atomic E-state index is 0.762. The summed E-state index contributed by atoms with van der Waals surface area (Å²) in [5, 5.41) is 7.20. The number of nitrogens with one attached hydrogen (secondary N) is 2. The van der Waals surface area contributed by atoms with Crippen molar-refractivity contribution >= 4 is 0 Å². The molecule has 0 heterocycles. The molecule has 6 N–H and O–H groups in total. The molecule has 0 aliphatic heterocycles. The number of unbranched alkanes of at least 4 members (excludes halogenated alkanes) is 5. The Labute approximate surface area is 132 Å². The topological polar surface area (TPSA) is 76.1 Å². The molecule has 0 amide bonds. The largest absolute Gasteiger partial charge is 0.330 e. The van der Waals surface area contributed by atoms with E-state index in [0.29, 0.717) is 0 Å². The zero-order valence-corrected chi connectivity index (χ0v) is 14.3. The summed E-state index contributed by atoms with van der Waals surface area (Å²) in [6, 6.07) is 0. The van der Waals surface area contributed by atoms with Crippen molar-refractivity contribution in [2.45, 2.75) is 64.7 Å². The predicted molar refractivity (Wildman–Crippen MR) is 94.6 cm³/mol. The van der Waals surface area contributed by atoms with E-state index in [-0.39, 0.29) is 0 Å². The average Bonchev–Trinajstić information content (AvgIpc) is 2.50. The van der Waals surface area contributed by atoms with E-state index in [1.165, 1.54) is 44.9 Å². The van der Waals surface area contributed by atoms with Crippen LogP contribution in [-0.4, -0.2) is 39.3 Å². The highest BCUT2D eigenvalue weighted by atomic mass is 14.9. The van der Waals surface area contributed by atoms with Gasteiger partial charge < -0.3 is 22.1 Å². The van der Waals surface area contributed by atoms with E-state index in [4.69, 9.17) is 11.5 Å². The predicted octanol–water partition coefficient (Wildman–Crippen LogP) is 2.23. The van der Waals surface area contributed by atoms with Crippen molar-refractivity contribution in [1.82, 2.24) is 10.6 Å². The molecule has 0 atom stereocenters. The van der Waals surface area contributed by atoms with Crippen molar-refractivity contribution < 1.29 is 0 Å². The lowest BCUT2D eigenvalue weighted by Gasteiger charge is -2.18. The van der Waals surface area contributed by atoms with Gasteiger partial charge in [0.25, 0.3) is 0 Å². The molecule has 0 bridgehead atoms. The third-order valence-electron chi connectivity index (χ3n) is 3.95. The molecule has 0 radical (unpaired) electrons. The quantitative estimate of drug-likeness (QED) is 0.311. The first kappa shape index (κ1) is 20.8. The van der Waals surface area contributed by atoms with Crippen molar-refractivity contribution in [1.29, 1.82) is 0 Å². The molecule has 21 heavy (non-hydrogen) atoms. The van der Waals surface area contributed by atoms with Gasteiger partial charge in [0.2, 0.25) is 0 Å². The van der Waals surface area contributed by atoms with Gasteiger partial charge in [-0.15, -0.1) is 0 Å². The fourth-order valence-corrected chi connectivity index (χ4v) is 2.54. The summed E-state index contributed by atoms with van der Waals surface area (Å²) < 4.78 is 0. The van der Waals surface area contributed by atoms with Crippen LogP contribution in [0.25, 0.3) is 0 Å². The third kappa shape index (κ3) is 16.0. The molecule has 0 saturated heterocycles. The highest BCUT2D eigenvalue weighted by Gasteiger charge is 2.07. The van der Waals surface area contributed by atoms with Gasteiger partial charge in [-0.05, 0) is 77.3 Å². The number of hydrogen-bond donors (Lipinski definition) is 4. The minimum atomic E-state index is 0.762. The van der Waals surface area contributed by atoms with Gasteiger partial charge in [-0.3, -0.25) is 0 Å². The third-order valence-corrected chi connectivity index (χ3v) is 3.95. The lowest BCUT2D eigenvalue weighted by molar-refractivity contribution is 0.396. The zero-order chi connectivity index (χ0) is 15.6. The van der Waals surface area contributed by atoms with Crippen LogP contribution in [0, 0.1) is 5.92 Å². The molecular weight excluding hydrogens is 260 g/mol. The first-order valence-electron chi connectivity index (χ1n) is 9.16. The second-order valence-corrected chi connectivity index (χ2v) is 6.12. The van der Waals surface area contributed by atoms with Crippen LogP contribution in [0.4, 0.5) is 0 Å². The summed E-state index contributed by atoms with van der Waals surface area (Å²) in [5.41, 5.74) is 11.0. The SMILES string of the molecule is CCCCCCC(CNCCCCN)CNCCCCN. The van der Waals surface area contributed by atoms with Crippen LogP contribution in [-0.2, 0) is 0 Å². The van der Waals surface area contributed by atoms with E-state index in [2.05, 4.69) is 17.6 Å². The Morgan fingerprint density at radius 1 is 0.714 bits per heavy atom. The molecule has 0 saturated carbocycles. The summed E-state index contributed by atoms with van der Waals surface area (Å²) in [7, 11) is 0. The molecule has 4 heteroatoms. The van der Waals surface area contributed by atoms with Crippen molar-refractivity contribution in [2.75, 3.05) is 39.3 Å². The van der Waals surface area contributed by atoms with Gasteiger partial charge in [0.15, 0.2) is 0 Å². The molecule has 0 rings (SSSR count). The molecule has 0 fully saturated rings. The lowest BCUT2D eigenvalue weighted by atomic mass is 10.0. The summed E-state index contributed by atoms with van der Waals surface area (Å²) in [5.74, 6) is 0.762. The normalized spacial score (nSPS) is 11.4. The van der Waals surface area contributed by atoms with Crippen LogP contribution in [0.2, 0.25) is 0 Å². The van der Waals surface area contributed by atoms with Crippen molar-refractivity contribution in [3.63, 3.8) is 0 Å². The second kappa shape index (κ2) is 17.9. The summed E-state index contributed by atoms with van der Waals surface area (Å²) in [6.45, 7) is 8.39. The zero-order valence-electron chi connectivity index (χ0n) is 14.3. The average molecular weight is 301 g/mol. The maximum Gasteiger partial charge on any atom is -0.000838 e. The maximum atomic E-state index is 5.52. The molecule has 0 aliphatic carbocycles. The van der Waals surface area contributed by atoms with Crippen molar-refractivity contribution in [3.05, 3.63) is 0 Å². The Kier molecular flexibility index (Phi) is 17.8. The molecular formula is C17H40N4. The van der Waals surface area contributed by atoms with Crippen molar-refractivity contribution in [3.8, 4) is 0 Å². The van der Waals surface area contributed by atoms with Gasteiger partial charge in [0.1, 0.15) is 0 Å². The Hall–Kier alpha value is -0.160. The molecule has 128 valence electrons.